The van der Waals surface area contributed by atoms with E-state index in [-0.39, 0.29) is 5.78 Å². The average molecular weight is 378 g/mol. The molecule has 1 aliphatic rings. The number of hydrogen-bond acceptors (Lipinski definition) is 3. The Morgan fingerprint density at radius 3 is 2.61 bits per heavy atom. The summed E-state index contributed by atoms with van der Waals surface area (Å²) in [6.07, 6.45) is 3.39. The van der Waals surface area contributed by atoms with Crippen LogP contribution in [0, 0.1) is 11.6 Å². The van der Waals surface area contributed by atoms with Crippen LogP contribution in [0.1, 0.15) is 40.4 Å². The molecule has 28 heavy (non-hydrogen) atoms. The van der Waals surface area contributed by atoms with Gasteiger partial charge in [0.1, 0.15) is 17.5 Å². The van der Waals surface area contributed by atoms with Crippen LogP contribution >= 0.6 is 0 Å². The molecule has 142 valence electrons. The van der Waals surface area contributed by atoms with E-state index in [2.05, 4.69) is 9.88 Å². The number of aromatic nitrogens is 1. The number of ketones is 1. The highest BCUT2D eigenvalue weighted by Gasteiger charge is 2.25. The highest BCUT2D eigenvalue weighted by molar-refractivity contribution is 5.99. The zero-order valence-electron chi connectivity index (χ0n) is 15.6. The minimum Gasteiger partial charge on any atom is -0.326 e. The van der Waals surface area contributed by atoms with Gasteiger partial charge in [-0.2, -0.15) is 0 Å². The second-order valence-electron chi connectivity index (χ2n) is 6.96. The van der Waals surface area contributed by atoms with Gasteiger partial charge < -0.3 is 4.90 Å². The lowest BCUT2D eigenvalue weighted by molar-refractivity contribution is 0.0987. The Kier molecular flexibility index (Phi) is 4.90. The lowest BCUT2D eigenvalue weighted by atomic mass is 10.00. The Morgan fingerprint density at radius 1 is 1.07 bits per heavy atom. The number of fused-ring (bicyclic) bond motifs is 1. The van der Waals surface area contributed by atoms with Crippen molar-refractivity contribution in [2.24, 2.45) is 0 Å². The van der Waals surface area contributed by atoms with E-state index >= 15 is 0 Å². The van der Waals surface area contributed by atoms with E-state index in [1.165, 1.54) is 12.1 Å². The second-order valence-corrected chi connectivity index (χ2v) is 6.96. The third-order valence-corrected chi connectivity index (χ3v) is 5.07. The average Bonchev–Trinajstić information content (AvgIpc) is 3.11. The van der Waals surface area contributed by atoms with Gasteiger partial charge in [-0.3, -0.25) is 4.79 Å². The molecular formula is C23H20F2N2O. The van der Waals surface area contributed by atoms with E-state index in [9.17, 15) is 13.6 Å². The summed E-state index contributed by atoms with van der Waals surface area (Å²) >= 11 is 0. The number of carbonyl (C=O) groups is 1. The molecule has 0 unspecified atom stereocenters. The highest BCUT2D eigenvalue weighted by Crippen LogP contribution is 2.36. The fourth-order valence-electron chi connectivity index (χ4n) is 3.79. The summed E-state index contributed by atoms with van der Waals surface area (Å²) in [5, 5.41) is 0. The van der Waals surface area contributed by atoms with Gasteiger partial charge in [-0.1, -0.05) is 19.1 Å². The van der Waals surface area contributed by atoms with Crippen molar-refractivity contribution in [2.75, 3.05) is 11.4 Å². The zero-order valence-corrected chi connectivity index (χ0v) is 15.6. The van der Waals surface area contributed by atoms with Crippen molar-refractivity contribution >= 4 is 17.3 Å². The number of hydrogen-bond donors (Lipinski definition) is 0. The van der Waals surface area contributed by atoms with Crippen molar-refractivity contribution < 1.29 is 13.6 Å². The van der Waals surface area contributed by atoms with E-state index in [4.69, 9.17) is 0 Å². The predicted molar refractivity (Wildman–Crippen MR) is 105 cm³/mol. The van der Waals surface area contributed by atoms with Gasteiger partial charge in [0.15, 0.2) is 5.78 Å². The summed E-state index contributed by atoms with van der Waals surface area (Å²) in [5.74, 6) is -0.237. The van der Waals surface area contributed by atoms with Gasteiger partial charge in [-0.15, -0.1) is 0 Å². The second kappa shape index (κ2) is 7.50. The summed E-state index contributed by atoms with van der Waals surface area (Å²) in [7, 11) is 0. The Morgan fingerprint density at radius 2 is 1.86 bits per heavy atom. The number of carbonyl (C=O) groups excluding carboxylic acids is 1. The first-order chi connectivity index (χ1) is 13.5. The number of benzene rings is 2. The number of nitrogens with zero attached hydrogens (tertiary/aromatic N) is 2. The maximum absolute atomic E-state index is 13.5. The van der Waals surface area contributed by atoms with Gasteiger partial charge in [0, 0.05) is 36.5 Å². The molecule has 2 heterocycles. The van der Waals surface area contributed by atoms with E-state index in [0.717, 1.165) is 47.2 Å². The van der Waals surface area contributed by atoms with E-state index in [1.807, 2.05) is 37.3 Å². The maximum atomic E-state index is 13.5. The fraction of sp³-hybridized carbons (Fsp3) is 0.217. The predicted octanol–water partition coefficient (Wildman–Crippen LogP) is 5.24. The minimum absolute atomic E-state index is 0.147. The van der Waals surface area contributed by atoms with Crippen LogP contribution < -0.4 is 4.90 Å². The monoisotopic (exact) mass is 378 g/mol. The summed E-state index contributed by atoms with van der Waals surface area (Å²) in [5.41, 5.74) is 4.35. The fourth-order valence-corrected chi connectivity index (χ4v) is 3.79. The normalized spacial score (nSPS) is 12.9. The largest absolute Gasteiger partial charge is 0.326 e. The van der Waals surface area contributed by atoms with Crippen molar-refractivity contribution in [3.8, 4) is 0 Å². The van der Waals surface area contributed by atoms with Crippen molar-refractivity contribution in [2.45, 2.75) is 26.2 Å². The summed E-state index contributed by atoms with van der Waals surface area (Å²) in [6.45, 7) is 2.61. The van der Waals surface area contributed by atoms with Gasteiger partial charge in [0.2, 0.25) is 0 Å². The summed E-state index contributed by atoms with van der Waals surface area (Å²) < 4.78 is 26.9. The van der Waals surface area contributed by atoms with Crippen molar-refractivity contribution in [1.82, 2.24) is 4.98 Å². The first-order valence-electron chi connectivity index (χ1n) is 9.37. The summed E-state index contributed by atoms with van der Waals surface area (Å²) in [4.78, 5) is 18.8. The third-order valence-electron chi connectivity index (χ3n) is 5.07. The molecule has 0 spiro atoms. The Balaban J connectivity index is 1.64. The Labute approximate surface area is 162 Å². The molecule has 1 aliphatic heterocycles. The molecule has 3 aromatic rings. The van der Waals surface area contributed by atoms with E-state index < -0.39 is 11.6 Å². The third kappa shape index (κ3) is 3.52. The van der Waals surface area contributed by atoms with Gasteiger partial charge in [0.05, 0.1) is 0 Å². The molecule has 3 nitrogen and oxygen atoms in total. The molecule has 0 saturated heterocycles. The number of anilines is 2. The van der Waals surface area contributed by atoms with E-state index in [1.54, 1.807) is 6.20 Å². The minimum atomic E-state index is -0.578. The summed E-state index contributed by atoms with van der Waals surface area (Å²) in [6, 6.07) is 13.1. The number of pyridine rings is 1. The maximum Gasteiger partial charge on any atom is 0.162 e. The molecule has 2 aromatic carbocycles. The lowest BCUT2D eigenvalue weighted by Crippen LogP contribution is -2.15. The van der Waals surface area contributed by atoms with Gasteiger partial charge >= 0.3 is 0 Å². The van der Waals surface area contributed by atoms with Gasteiger partial charge in [-0.05, 0) is 59.9 Å². The molecule has 0 radical (unpaired) electrons. The van der Waals surface area contributed by atoms with Crippen LogP contribution in [0.4, 0.5) is 20.3 Å². The first kappa shape index (κ1) is 18.3. The van der Waals surface area contributed by atoms with Crippen LogP contribution in [0.3, 0.4) is 0 Å². The molecule has 0 N–H and O–H groups in total. The van der Waals surface area contributed by atoms with Crippen molar-refractivity contribution in [3.63, 3.8) is 0 Å². The van der Waals surface area contributed by atoms with Crippen molar-refractivity contribution in [1.29, 1.82) is 0 Å². The van der Waals surface area contributed by atoms with Crippen LogP contribution in [0.25, 0.3) is 0 Å². The van der Waals surface area contributed by atoms with Crippen molar-refractivity contribution in [3.05, 3.63) is 88.6 Å². The Hall–Kier alpha value is -3.08. The topological polar surface area (TPSA) is 33.2 Å². The van der Waals surface area contributed by atoms with Crippen LogP contribution in [0.5, 0.6) is 0 Å². The van der Waals surface area contributed by atoms with Crippen LogP contribution in [0.2, 0.25) is 0 Å². The van der Waals surface area contributed by atoms with Crippen LogP contribution in [-0.4, -0.2) is 17.3 Å². The highest BCUT2D eigenvalue weighted by atomic mass is 19.1. The van der Waals surface area contributed by atoms with E-state index in [0.29, 0.717) is 18.4 Å². The quantitative estimate of drug-likeness (QED) is 0.570. The molecule has 4 rings (SSSR count). The Bertz CT molecular complexity index is 1030. The van der Waals surface area contributed by atoms with Crippen LogP contribution in [-0.2, 0) is 12.8 Å². The standard InChI is InChI=1S/C23H20F2N2O/c1-2-22(28)20-4-3-5-21-19(20)7-9-27(21)23-13-15(6-8-26-23)10-16-11-17(24)14-18(25)12-16/h3-6,8,11-14H,2,7,9-10H2,1H3. The van der Waals surface area contributed by atoms with Gasteiger partial charge in [0.25, 0.3) is 0 Å². The number of Topliss-reactive ketones (excluding diaryl/α,β-unsaturated/α-hetero) is 1. The molecule has 0 saturated carbocycles. The lowest BCUT2D eigenvalue weighted by Gasteiger charge is -2.19. The molecule has 0 atom stereocenters. The molecule has 0 bridgehead atoms. The molecular weight excluding hydrogens is 358 g/mol. The molecule has 5 heteroatoms. The molecule has 0 aliphatic carbocycles. The number of halogens is 2. The number of rotatable bonds is 5. The SMILES string of the molecule is CCC(=O)c1cccc2c1CCN2c1cc(Cc2cc(F)cc(F)c2)ccn1. The molecule has 0 fully saturated rings. The van der Waals surface area contributed by atoms with Gasteiger partial charge in [-0.25, -0.2) is 13.8 Å². The smallest absolute Gasteiger partial charge is 0.162 e. The molecule has 0 amide bonds. The zero-order chi connectivity index (χ0) is 19.7. The van der Waals surface area contributed by atoms with Crippen LogP contribution in [0.15, 0.2) is 54.7 Å². The first-order valence-corrected chi connectivity index (χ1v) is 9.37. The molecule has 1 aromatic heterocycles.